The largest absolute Gasteiger partial charge is 0.254 e. The SMILES string of the molecule is N#Cc1cc(F)cc(CS(=O)c2ccc(F)c(Cl)c2)c1. The maximum Gasteiger partial charge on any atom is 0.141 e. The van der Waals surface area contributed by atoms with Crippen LogP contribution in [0.4, 0.5) is 8.78 Å². The predicted molar refractivity (Wildman–Crippen MR) is 72.6 cm³/mol. The number of hydrogen-bond donors (Lipinski definition) is 0. The number of nitriles is 1. The summed E-state index contributed by atoms with van der Waals surface area (Å²) in [5, 5.41) is 8.64. The van der Waals surface area contributed by atoms with Gasteiger partial charge in [0.15, 0.2) is 0 Å². The zero-order valence-corrected chi connectivity index (χ0v) is 11.6. The van der Waals surface area contributed by atoms with Crippen LogP contribution in [0.2, 0.25) is 5.02 Å². The highest BCUT2D eigenvalue weighted by Gasteiger charge is 2.10. The molecular weight excluding hydrogens is 304 g/mol. The zero-order chi connectivity index (χ0) is 14.7. The van der Waals surface area contributed by atoms with Crippen LogP contribution in [0.1, 0.15) is 11.1 Å². The number of rotatable bonds is 3. The van der Waals surface area contributed by atoms with E-state index in [9.17, 15) is 13.0 Å². The van der Waals surface area contributed by atoms with Gasteiger partial charge < -0.3 is 0 Å². The average molecular weight is 312 g/mol. The third-order valence-corrected chi connectivity index (χ3v) is 4.20. The van der Waals surface area contributed by atoms with E-state index >= 15 is 0 Å². The molecule has 1 atom stereocenters. The van der Waals surface area contributed by atoms with Gasteiger partial charge >= 0.3 is 0 Å². The van der Waals surface area contributed by atoms with Crippen LogP contribution in [0.5, 0.6) is 0 Å². The monoisotopic (exact) mass is 311 g/mol. The van der Waals surface area contributed by atoms with Crippen molar-refractivity contribution in [3.05, 3.63) is 64.2 Å². The average Bonchev–Trinajstić information content (AvgIpc) is 2.41. The molecule has 0 saturated heterocycles. The molecule has 0 saturated carbocycles. The third-order valence-electron chi connectivity index (χ3n) is 2.54. The van der Waals surface area contributed by atoms with Crippen LogP contribution >= 0.6 is 11.6 Å². The molecule has 0 fully saturated rings. The molecule has 2 nitrogen and oxygen atoms in total. The summed E-state index contributed by atoms with van der Waals surface area (Å²) in [6.07, 6.45) is 0. The molecule has 0 aromatic heterocycles. The first-order valence-electron chi connectivity index (χ1n) is 5.52. The fourth-order valence-electron chi connectivity index (χ4n) is 1.65. The van der Waals surface area contributed by atoms with E-state index in [4.69, 9.17) is 16.9 Å². The second-order valence-corrected chi connectivity index (χ2v) is 5.88. The molecule has 6 heteroatoms. The minimum atomic E-state index is -1.50. The Morgan fingerprint density at radius 3 is 2.60 bits per heavy atom. The van der Waals surface area contributed by atoms with E-state index in [-0.39, 0.29) is 16.3 Å². The van der Waals surface area contributed by atoms with Crippen LogP contribution in [-0.4, -0.2) is 4.21 Å². The van der Waals surface area contributed by atoms with Gasteiger partial charge in [0.05, 0.1) is 33.2 Å². The Balaban J connectivity index is 2.25. The molecule has 0 spiro atoms. The lowest BCUT2D eigenvalue weighted by Gasteiger charge is -2.05. The van der Waals surface area contributed by atoms with Gasteiger partial charge in [-0.1, -0.05) is 11.6 Å². The van der Waals surface area contributed by atoms with E-state index in [1.165, 1.54) is 24.3 Å². The lowest BCUT2D eigenvalue weighted by Crippen LogP contribution is -1.98. The predicted octanol–water partition coefficient (Wildman–Crippen LogP) is 3.80. The minimum absolute atomic E-state index is 0.0222. The first-order chi connectivity index (χ1) is 9.49. The minimum Gasteiger partial charge on any atom is -0.254 e. The molecule has 2 aromatic rings. The second-order valence-electron chi connectivity index (χ2n) is 4.03. The van der Waals surface area contributed by atoms with Crippen LogP contribution in [0.15, 0.2) is 41.3 Å². The summed E-state index contributed by atoms with van der Waals surface area (Å²) in [6.45, 7) is 0. The van der Waals surface area contributed by atoms with Gasteiger partial charge in [0, 0.05) is 4.90 Å². The number of nitrogens with zero attached hydrogens (tertiary/aromatic N) is 1. The van der Waals surface area contributed by atoms with Crippen LogP contribution in [0.25, 0.3) is 0 Å². The Labute approximate surface area is 122 Å². The third kappa shape index (κ3) is 3.41. The number of hydrogen-bond acceptors (Lipinski definition) is 2. The van der Waals surface area contributed by atoms with Crippen molar-refractivity contribution < 1.29 is 13.0 Å². The molecular formula is C14H8ClF2NOS. The quantitative estimate of drug-likeness (QED) is 0.865. The Hall–Kier alpha value is -1.77. The van der Waals surface area contributed by atoms with Gasteiger partial charge in [-0.25, -0.2) is 8.78 Å². The van der Waals surface area contributed by atoms with Crippen LogP contribution in [-0.2, 0) is 16.6 Å². The standard InChI is InChI=1S/C14H8ClF2NOS/c15-13-6-12(1-2-14(13)17)20(19)8-10-3-9(7-18)4-11(16)5-10/h1-6H,8H2. The molecule has 0 aliphatic rings. The Bertz CT molecular complexity index is 728. The van der Waals surface area contributed by atoms with Crippen LogP contribution < -0.4 is 0 Å². The van der Waals surface area contributed by atoms with Gasteiger partial charge in [-0.05, 0) is 42.0 Å². The number of halogens is 3. The molecule has 20 heavy (non-hydrogen) atoms. The fraction of sp³-hybridized carbons (Fsp3) is 0.0714. The Kier molecular flexibility index (Phi) is 4.48. The molecule has 0 radical (unpaired) electrons. The molecule has 2 rings (SSSR count). The number of benzene rings is 2. The van der Waals surface area contributed by atoms with Gasteiger partial charge in [-0.2, -0.15) is 5.26 Å². The van der Waals surface area contributed by atoms with E-state index in [1.54, 1.807) is 0 Å². The maximum absolute atomic E-state index is 13.3. The lowest BCUT2D eigenvalue weighted by atomic mass is 10.1. The fourth-order valence-corrected chi connectivity index (χ4v) is 3.00. The normalized spacial score (nSPS) is 11.9. The lowest BCUT2D eigenvalue weighted by molar-refractivity contribution is 0.625. The van der Waals surface area contributed by atoms with Crippen molar-refractivity contribution in [2.75, 3.05) is 0 Å². The summed E-state index contributed by atoms with van der Waals surface area (Å²) in [6, 6.07) is 9.37. The van der Waals surface area contributed by atoms with Crippen molar-refractivity contribution in [1.29, 1.82) is 5.26 Å². The van der Waals surface area contributed by atoms with E-state index < -0.39 is 22.4 Å². The van der Waals surface area contributed by atoms with E-state index in [1.807, 2.05) is 6.07 Å². The molecule has 0 heterocycles. The molecule has 0 N–H and O–H groups in total. The molecule has 0 bridgehead atoms. The highest BCUT2D eigenvalue weighted by molar-refractivity contribution is 7.84. The van der Waals surface area contributed by atoms with Crippen molar-refractivity contribution in [2.45, 2.75) is 10.6 Å². The molecule has 0 aliphatic carbocycles. The van der Waals surface area contributed by atoms with Crippen LogP contribution in [0, 0.1) is 23.0 Å². The van der Waals surface area contributed by atoms with Gasteiger partial charge in [0.2, 0.25) is 0 Å². The summed E-state index contributed by atoms with van der Waals surface area (Å²) < 4.78 is 38.4. The molecule has 0 amide bonds. The summed E-state index contributed by atoms with van der Waals surface area (Å²) in [7, 11) is -1.50. The van der Waals surface area contributed by atoms with E-state index in [2.05, 4.69) is 0 Å². The van der Waals surface area contributed by atoms with Crippen molar-refractivity contribution >= 4 is 22.4 Å². The first-order valence-corrected chi connectivity index (χ1v) is 7.22. The summed E-state index contributed by atoms with van der Waals surface area (Å²) in [4.78, 5) is 0.346. The highest BCUT2D eigenvalue weighted by Crippen LogP contribution is 2.20. The van der Waals surface area contributed by atoms with E-state index in [0.29, 0.717) is 10.5 Å². The molecule has 0 aliphatic heterocycles. The first kappa shape index (κ1) is 14.6. The summed E-state index contributed by atoms with van der Waals surface area (Å²) in [5.41, 5.74) is 0.592. The van der Waals surface area contributed by atoms with Crippen molar-refractivity contribution in [1.82, 2.24) is 0 Å². The smallest absolute Gasteiger partial charge is 0.141 e. The van der Waals surface area contributed by atoms with Crippen molar-refractivity contribution in [2.24, 2.45) is 0 Å². The maximum atomic E-state index is 13.3. The summed E-state index contributed by atoms with van der Waals surface area (Å²) in [5.74, 6) is -1.13. The summed E-state index contributed by atoms with van der Waals surface area (Å²) >= 11 is 5.62. The van der Waals surface area contributed by atoms with Crippen molar-refractivity contribution in [3.8, 4) is 6.07 Å². The topological polar surface area (TPSA) is 40.9 Å². The van der Waals surface area contributed by atoms with Crippen molar-refractivity contribution in [3.63, 3.8) is 0 Å². The second kappa shape index (κ2) is 6.12. The Morgan fingerprint density at radius 1 is 1.20 bits per heavy atom. The van der Waals surface area contributed by atoms with Crippen LogP contribution in [0.3, 0.4) is 0 Å². The van der Waals surface area contributed by atoms with Gasteiger partial charge in [-0.3, -0.25) is 4.21 Å². The van der Waals surface area contributed by atoms with Gasteiger partial charge in [-0.15, -0.1) is 0 Å². The molecule has 1 unspecified atom stereocenters. The zero-order valence-electron chi connectivity index (χ0n) is 10.1. The Morgan fingerprint density at radius 2 is 1.95 bits per heavy atom. The van der Waals surface area contributed by atoms with E-state index in [0.717, 1.165) is 12.1 Å². The molecule has 2 aromatic carbocycles. The highest BCUT2D eigenvalue weighted by atomic mass is 35.5. The van der Waals surface area contributed by atoms with Gasteiger partial charge in [0.25, 0.3) is 0 Å². The molecule has 102 valence electrons. The van der Waals surface area contributed by atoms with Gasteiger partial charge in [0.1, 0.15) is 11.6 Å².